The van der Waals surface area contributed by atoms with Crippen LogP contribution in [-0.4, -0.2) is 59.1 Å². The fourth-order valence-electron chi connectivity index (χ4n) is 4.68. The van der Waals surface area contributed by atoms with Crippen LogP contribution in [0.25, 0.3) is 0 Å². The standard InChI is InChI=1S/C22H36N2O5/c1-7-13(5)16(11-25)24-19(20(26)23-12(3)4)15-10-9-14(6)17(18(15)21(24)27)22(28)29-8-2/h9-10,12-19,25H,7-8,11H2,1-6H3,(H,23,26)/t13-,14+,15-,16-,17+,18-,19-/m0/s1. The Hall–Kier alpha value is -1.89. The monoisotopic (exact) mass is 408 g/mol. The van der Waals surface area contributed by atoms with Gasteiger partial charge < -0.3 is 20.1 Å². The Morgan fingerprint density at radius 1 is 1.24 bits per heavy atom. The molecular formula is C22H36N2O5. The van der Waals surface area contributed by atoms with Gasteiger partial charge in [0.15, 0.2) is 0 Å². The summed E-state index contributed by atoms with van der Waals surface area (Å²) >= 11 is 0. The van der Waals surface area contributed by atoms with Crippen molar-refractivity contribution in [3.63, 3.8) is 0 Å². The number of amides is 2. The second-order valence-electron chi connectivity index (χ2n) is 8.61. The first kappa shape index (κ1) is 23.4. The number of ether oxygens (including phenoxy) is 1. The van der Waals surface area contributed by atoms with Gasteiger partial charge in [-0.05, 0) is 32.6 Å². The molecule has 1 saturated heterocycles. The summed E-state index contributed by atoms with van der Waals surface area (Å²) in [6.07, 6.45) is 4.57. The number of carbonyl (C=O) groups excluding carboxylic acids is 3. The van der Waals surface area contributed by atoms with E-state index in [0.717, 1.165) is 6.42 Å². The first-order chi connectivity index (χ1) is 13.7. The number of nitrogens with zero attached hydrogens (tertiary/aromatic N) is 1. The van der Waals surface area contributed by atoms with Crippen molar-refractivity contribution in [2.75, 3.05) is 13.2 Å². The van der Waals surface area contributed by atoms with Crippen molar-refractivity contribution >= 4 is 17.8 Å². The van der Waals surface area contributed by atoms with Crippen molar-refractivity contribution in [3.05, 3.63) is 12.2 Å². The van der Waals surface area contributed by atoms with Crippen molar-refractivity contribution in [1.82, 2.24) is 10.2 Å². The van der Waals surface area contributed by atoms with Crippen LogP contribution in [0.3, 0.4) is 0 Å². The average molecular weight is 409 g/mol. The molecular weight excluding hydrogens is 372 g/mol. The van der Waals surface area contributed by atoms with Gasteiger partial charge in [-0.25, -0.2) is 0 Å². The zero-order valence-electron chi connectivity index (χ0n) is 18.4. The highest BCUT2D eigenvalue weighted by Gasteiger charge is 2.58. The van der Waals surface area contributed by atoms with E-state index in [1.165, 1.54) is 0 Å². The second kappa shape index (κ2) is 9.74. The van der Waals surface area contributed by atoms with Crippen molar-refractivity contribution in [3.8, 4) is 0 Å². The van der Waals surface area contributed by atoms with Crippen LogP contribution in [0.5, 0.6) is 0 Å². The highest BCUT2D eigenvalue weighted by Crippen LogP contribution is 2.45. The summed E-state index contributed by atoms with van der Waals surface area (Å²) in [7, 11) is 0. The molecule has 7 nitrogen and oxygen atoms in total. The lowest BCUT2D eigenvalue weighted by Gasteiger charge is -2.36. The van der Waals surface area contributed by atoms with Crippen LogP contribution in [-0.2, 0) is 19.1 Å². The van der Waals surface area contributed by atoms with Gasteiger partial charge in [0.25, 0.3) is 0 Å². The lowest BCUT2D eigenvalue weighted by Crippen LogP contribution is -2.55. The summed E-state index contributed by atoms with van der Waals surface area (Å²) in [6, 6.07) is -1.31. The quantitative estimate of drug-likeness (QED) is 0.471. The van der Waals surface area contributed by atoms with E-state index >= 15 is 0 Å². The normalized spacial score (nSPS) is 30.8. The molecule has 0 aromatic heterocycles. The Labute approximate surface area is 173 Å². The molecule has 1 fully saturated rings. The highest BCUT2D eigenvalue weighted by atomic mass is 16.5. The van der Waals surface area contributed by atoms with Crippen molar-refractivity contribution in [2.45, 2.75) is 66.1 Å². The summed E-state index contributed by atoms with van der Waals surface area (Å²) in [5, 5.41) is 13.0. The Morgan fingerprint density at radius 2 is 1.90 bits per heavy atom. The number of carbonyl (C=O) groups is 3. The van der Waals surface area contributed by atoms with E-state index in [0.29, 0.717) is 0 Å². The molecule has 29 heavy (non-hydrogen) atoms. The fraction of sp³-hybridized carbons (Fsp3) is 0.773. The van der Waals surface area contributed by atoms with Crippen LogP contribution in [0.2, 0.25) is 0 Å². The summed E-state index contributed by atoms with van der Waals surface area (Å²) < 4.78 is 5.27. The van der Waals surface area contributed by atoms with E-state index in [-0.39, 0.29) is 42.9 Å². The van der Waals surface area contributed by atoms with E-state index < -0.39 is 35.8 Å². The van der Waals surface area contributed by atoms with Crippen LogP contribution in [0, 0.1) is 29.6 Å². The molecule has 0 unspecified atom stereocenters. The van der Waals surface area contributed by atoms with Gasteiger partial charge in [-0.15, -0.1) is 0 Å². The number of hydrogen-bond donors (Lipinski definition) is 2. The van der Waals surface area contributed by atoms with Crippen molar-refractivity contribution in [2.24, 2.45) is 29.6 Å². The second-order valence-corrected chi connectivity index (χ2v) is 8.61. The largest absolute Gasteiger partial charge is 0.466 e. The van der Waals surface area contributed by atoms with Crippen LogP contribution in [0.1, 0.15) is 48.0 Å². The Balaban J connectivity index is 2.53. The smallest absolute Gasteiger partial charge is 0.310 e. The van der Waals surface area contributed by atoms with Gasteiger partial charge in [-0.3, -0.25) is 14.4 Å². The Morgan fingerprint density at radius 3 is 2.41 bits per heavy atom. The molecule has 2 N–H and O–H groups in total. The minimum absolute atomic E-state index is 0.0147. The zero-order chi connectivity index (χ0) is 21.9. The van der Waals surface area contributed by atoms with E-state index in [9.17, 15) is 19.5 Å². The average Bonchev–Trinajstić information content (AvgIpc) is 2.94. The number of esters is 1. The number of likely N-dealkylation sites (tertiary alicyclic amines) is 1. The van der Waals surface area contributed by atoms with Gasteiger partial charge in [0.05, 0.1) is 31.1 Å². The molecule has 2 aliphatic rings. The lowest BCUT2D eigenvalue weighted by atomic mass is 9.70. The predicted molar refractivity (Wildman–Crippen MR) is 110 cm³/mol. The van der Waals surface area contributed by atoms with Crippen LogP contribution < -0.4 is 5.32 Å². The third-order valence-electron chi connectivity index (χ3n) is 6.31. The van der Waals surface area contributed by atoms with Gasteiger partial charge in [0.1, 0.15) is 6.04 Å². The van der Waals surface area contributed by atoms with E-state index in [4.69, 9.17) is 4.74 Å². The molecule has 2 amide bonds. The lowest BCUT2D eigenvalue weighted by molar-refractivity contribution is -0.156. The maximum Gasteiger partial charge on any atom is 0.310 e. The molecule has 0 radical (unpaired) electrons. The Bertz CT molecular complexity index is 647. The maximum atomic E-state index is 13.6. The SMILES string of the molecule is CCOC(=O)[C@H]1[C@H]2C(=O)N([C@@H](CO)[C@@H](C)CC)[C@H](C(=O)NC(C)C)[C@H]2C=C[C@H]1C. The van der Waals surface area contributed by atoms with Gasteiger partial charge in [-0.1, -0.05) is 39.3 Å². The van der Waals surface area contributed by atoms with Gasteiger partial charge in [0.2, 0.25) is 11.8 Å². The molecule has 7 atom stereocenters. The topological polar surface area (TPSA) is 95.9 Å². The molecule has 0 bridgehead atoms. The number of allylic oxidation sites excluding steroid dienone is 1. The third-order valence-corrected chi connectivity index (χ3v) is 6.31. The fourth-order valence-corrected chi connectivity index (χ4v) is 4.68. The first-order valence-corrected chi connectivity index (χ1v) is 10.8. The summed E-state index contributed by atoms with van der Waals surface area (Å²) in [5.74, 6) is -2.75. The van der Waals surface area contributed by atoms with Gasteiger partial charge >= 0.3 is 5.97 Å². The molecule has 7 heteroatoms. The third kappa shape index (κ3) is 4.49. The summed E-state index contributed by atoms with van der Waals surface area (Å²) in [4.78, 5) is 41.0. The van der Waals surface area contributed by atoms with Crippen LogP contribution >= 0.6 is 0 Å². The molecule has 0 aromatic carbocycles. The van der Waals surface area contributed by atoms with Crippen LogP contribution in [0.15, 0.2) is 12.2 Å². The van der Waals surface area contributed by atoms with Gasteiger partial charge in [0, 0.05) is 12.0 Å². The number of aliphatic hydroxyl groups is 1. The molecule has 1 aliphatic heterocycles. The van der Waals surface area contributed by atoms with E-state index in [1.807, 2.05) is 46.8 Å². The minimum atomic E-state index is -0.748. The van der Waals surface area contributed by atoms with Gasteiger partial charge in [-0.2, -0.15) is 0 Å². The number of aliphatic hydroxyl groups excluding tert-OH is 1. The zero-order valence-corrected chi connectivity index (χ0v) is 18.4. The summed E-state index contributed by atoms with van der Waals surface area (Å²) in [5.41, 5.74) is 0. The first-order valence-electron chi connectivity index (χ1n) is 10.8. The number of hydrogen-bond acceptors (Lipinski definition) is 5. The molecule has 1 heterocycles. The predicted octanol–water partition coefficient (Wildman–Crippen LogP) is 1.75. The highest BCUT2D eigenvalue weighted by molar-refractivity contribution is 5.96. The number of rotatable bonds is 8. The summed E-state index contributed by atoms with van der Waals surface area (Å²) in [6.45, 7) is 11.3. The van der Waals surface area contributed by atoms with Crippen molar-refractivity contribution in [1.29, 1.82) is 0 Å². The molecule has 0 saturated carbocycles. The number of nitrogens with one attached hydrogen (secondary N) is 1. The minimum Gasteiger partial charge on any atom is -0.466 e. The molecule has 1 aliphatic carbocycles. The van der Waals surface area contributed by atoms with Crippen LogP contribution in [0.4, 0.5) is 0 Å². The molecule has 0 aromatic rings. The maximum absolute atomic E-state index is 13.6. The van der Waals surface area contributed by atoms with E-state index in [1.54, 1.807) is 11.8 Å². The van der Waals surface area contributed by atoms with E-state index in [2.05, 4.69) is 5.32 Å². The molecule has 2 rings (SSSR count). The molecule has 0 spiro atoms. The van der Waals surface area contributed by atoms with Crippen molar-refractivity contribution < 1.29 is 24.2 Å². The number of fused-ring (bicyclic) bond motifs is 1. The Kier molecular flexibility index (Phi) is 7.86. The molecule has 164 valence electrons.